The molecule has 41 heavy (non-hydrogen) atoms. The molecule has 11 heteroatoms. The zero-order chi connectivity index (χ0) is 28.8. The second-order valence-corrected chi connectivity index (χ2v) is 11.1. The van der Waals surface area contributed by atoms with Crippen LogP contribution in [0.3, 0.4) is 0 Å². The first kappa shape index (κ1) is 28.8. The Balaban J connectivity index is 1.15. The van der Waals surface area contributed by atoms with Crippen molar-refractivity contribution in [2.75, 3.05) is 45.5 Å². The molecule has 3 heterocycles. The van der Waals surface area contributed by atoms with Gasteiger partial charge in [0.2, 0.25) is 0 Å². The second kappa shape index (κ2) is 12.9. The van der Waals surface area contributed by atoms with Gasteiger partial charge < -0.3 is 10.2 Å². The molecule has 4 aromatic rings. The molecule has 2 N–H and O–H groups in total. The number of carbonyl (C=O) groups excluding carboxylic acids is 1. The maximum Gasteiger partial charge on any atom is 0.416 e. The summed E-state index contributed by atoms with van der Waals surface area (Å²) in [6, 6.07) is 15.5. The van der Waals surface area contributed by atoms with E-state index in [4.69, 9.17) is 0 Å². The van der Waals surface area contributed by atoms with Gasteiger partial charge in [0.25, 0.3) is 5.91 Å². The highest BCUT2D eigenvalue weighted by atomic mass is 32.2. The number of aromatic nitrogens is 3. The number of likely N-dealkylation sites (N-methyl/N-ethyl adjacent to an activating group) is 1. The number of nitrogens with zero attached hydrogens (tertiary/aromatic N) is 4. The second-order valence-electron chi connectivity index (χ2n) is 9.96. The molecule has 1 fully saturated rings. The molecule has 5 rings (SSSR count). The van der Waals surface area contributed by atoms with Crippen LogP contribution in [0, 0.1) is 0 Å². The minimum Gasteiger partial charge on any atom is -0.351 e. The largest absolute Gasteiger partial charge is 0.416 e. The van der Waals surface area contributed by atoms with E-state index in [2.05, 4.69) is 25.4 Å². The van der Waals surface area contributed by atoms with Crippen molar-refractivity contribution >= 4 is 40.7 Å². The third-order valence-electron chi connectivity index (χ3n) is 6.99. The fourth-order valence-electron chi connectivity index (χ4n) is 4.68. The Hall–Kier alpha value is -3.67. The maximum atomic E-state index is 13.9. The van der Waals surface area contributed by atoms with E-state index in [9.17, 15) is 18.0 Å². The van der Waals surface area contributed by atoms with Gasteiger partial charge in [-0.3, -0.25) is 19.8 Å². The molecule has 0 saturated carbocycles. The van der Waals surface area contributed by atoms with Crippen LogP contribution in [0.5, 0.6) is 0 Å². The summed E-state index contributed by atoms with van der Waals surface area (Å²) in [5, 5.41) is 11.2. The zero-order valence-electron chi connectivity index (χ0n) is 22.6. The van der Waals surface area contributed by atoms with Crippen molar-refractivity contribution < 1.29 is 18.0 Å². The lowest BCUT2D eigenvalue weighted by Gasteiger charge is -2.33. The summed E-state index contributed by atoms with van der Waals surface area (Å²) in [5.41, 5.74) is 1.99. The molecular formula is C30H31F3N6OS. The number of alkyl halides is 3. The van der Waals surface area contributed by atoms with Crippen LogP contribution >= 0.6 is 11.8 Å². The van der Waals surface area contributed by atoms with Gasteiger partial charge in [-0.05, 0) is 67.2 Å². The predicted octanol–water partition coefficient (Wildman–Crippen LogP) is 5.42. The number of carbonyl (C=O) groups is 1. The van der Waals surface area contributed by atoms with Crippen LogP contribution in [0.1, 0.15) is 32.9 Å². The minimum absolute atomic E-state index is 0.00891. The normalized spacial score (nSPS) is 15.1. The quantitative estimate of drug-likeness (QED) is 0.204. The highest BCUT2D eigenvalue weighted by Crippen LogP contribution is 2.33. The summed E-state index contributed by atoms with van der Waals surface area (Å²) >= 11 is 1.54. The van der Waals surface area contributed by atoms with E-state index in [0.717, 1.165) is 46.3 Å². The summed E-state index contributed by atoms with van der Waals surface area (Å²) < 4.78 is 41.6. The first-order chi connectivity index (χ1) is 19.8. The molecule has 0 aliphatic carbocycles. The molecule has 0 atom stereocenters. The Morgan fingerprint density at radius 3 is 2.66 bits per heavy atom. The fraction of sp³-hybridized carbons (Fsp3) is 0.300. The highest BCUT2D eigenvalue weighted by Gasteiger charge is 2.34. The van der Waals surface area contributed by atoms with Crippen molar-refractivity contribution in [3.8, 4) is 0 Å². The number of hydrogen-bond donors (Lipinski definition) is 2. The van der Waals surface area contributed by atoms with Crippen molar-refractivity contribution in [1.82, 2.24) is 30.3 Å². The number of pyridine rings is 1. The standard InChI is InChI=1S/C30H31F3N6OS/c1-38-13-15-39(16-14-38)20-22-6-5-21(18-26(22)30(31,32)33)29(40)35-12-17-41-24-8-9-25-27(36-37-28(25)19-24)10-7-23-4-2-3-11-34-23/h2-11,18-19H,12-17,20H2,1H3,(H,35,40)(H,36,37)/b10-7+. The van der Waals surface area contributed by atoms with E-state index in [1.807, 2.05) is 60.5 Å². The molecule has 0 unspecified atom stereocenters. The smallest absolute Gasteiger partial charge is 0.351 e. The molecule has 2 aromatic carbocycles. The molecule has 1 amide bonds. The van der Waals surface area contributed by atoms with Crippen molar-refractivity contribution in [3.05, 3.63) is 88.9 Å². The molecular weight excluding hydrogens is 549 g/mol. The van der Waals surface area contributed by atoms with Crippen molar-refractivity contribution in [3.63, 3.8) is 0 Å². The van der Waals surface area contributed by atoms with Crippen LogP contribution in [0.25, 0.3) is 23.1 Å². The molecule has 0 radical (unpaired) electrons. The van der Waals surface area contributed by atoms with Gasteiger partial charge in [0.15, 0.2) is 0 Å². The summed E-state index contributed by atoms with van der Waals surface area (Å²) in [5.74, 6) is 0.0430. The third-order valence-corrected chi connectivity index (χ3v) is 7.98. The van der Waals surface area contributed by atoms with Crippen molar-refractivity contribution in [1.29, 1.82) is 0 Å². The first-order valence-electron chi connectivity index (χ1n) is 13.4. The van der Waals surface area contributed by atoms with Gasteiger partial charge in [0.05, 0.1) is 22.5 Å². The lowest BCUT2D eigenvalue weighted by molar-refractivity contribution is -0.138. The van der Waals surface area contributed by atoms with Gasteiger partial charge >= 0.3 is 6.18 Å². The number of hydrogen-bond acceptors (Lipinski definition) is 6. The third kappa shape index (κ3) is 7.55. The maximum absolute atomic E-state index is 13.9. The van der Waals surface area contributed by atoms with E-state index in [-0.39, 0.29) is 17.7 Å². The summed E-state index contributed by atoms with van der Waals surface area (Å²) in [4.78, 5) is 22.1. The summed E-state index contributed by atoms with van der Waals surface area (Å²) in [6.45, 7) is 3.59. The lowest BCUT2D eigenvalue weighted by atomic mass is 10.0. The van der Waals surface area contributed by atoms with E-state index >= 15 is 0 Å². The van der Waals surface area contributed by atoms with E-state index in [1.165, 1.54) is 12.1 Å². The summed E-state index contributed by atoms with van der Waals surface area (Å²) in [7, 11) is 2.00. The monoisotopic (exact) mass is 580 g/mol. The van der Waals surface area contributed by atoms with E-state index in [0.29, 0.717) is 25.4 Å². The molecule has 214 valence electrons. The first-order valence-corrected chi connectivity index (χ1v) is 14.3. The number of amides is 1. The molecule has 2 aromatic heterocycles. The SMILES string of the molecule is CN1CCN(Cc2ccc(C(=O)NCCSc3ccc4c(/C=C/c5ccccn5)n[nH]c4c3)cc2C(F)(F)F)CC1. The van der Waals surface area contributed by atoms with E-state index < -0.39 is 17.6 Å². The van der Waals surface area contributed by atoms with Gasteiger partial charge in [0.1, 0.15) is 0 Å². The Morgan fingerprint density at radius 1 is 1.07 bits per heavy atom. The predicted molar refractivity (Wildman–Crippen MR) is 157 cm³/mol. The number of H-pyrrole nitrogens is 1. The Morgan fingerprint density at radius 2 is 1.90 bits per heavy atom. The molecule has 1 aliphatic heterocycles. The zero-order valence-corrected chi connectivity index (χ0v) is 23.4. The average molecular weight is 581 g/mol. The highest BCUT2D eigenvalue weighted by molar-refractivity contribution is 7.99. The Kier molecular flexibility index (Phi) is 9.06. The Bertz CT molecular complexity index is 1510. The number of aromatic amines is 1. The van der Waals surface area contributed by atoms with Gasteiger partial charge in [-0.2, -0.15) is 18.3 Å². The van der Waals surface area contributed by atoms with E-state index in [1.54, 1.807) is 18.0 Å². The van der Waals surface area contributed by atoms with Crippen molar-refractivity contribution in [2.45, 2.75) is 17.6 Å². The molecule has 0 bridgehead atoms. The number of rotatable bonds is 9. The van der Waals surface area contributed by atoms with Gasteiger partial charge in [-0.1, -0.05) is 12.1 Å². The Labute approximate surface area is 240 Å². The number of piperazine rings is 1. The average Bonchev–Trinajstić information content (AvgIpc) is 3.37. The van der Waals surface area contributed by atoms with Crippen LogP contribution in [0.15, 0.2) is 65.7 Å². The van der Waals surface area contributed by atoms with Crippen LogP contribution < -0.4 is 5.32 Å². The number of halogens is 3. The van der Waals surface area contributed by atoms with Gasteiger partial charge in [-0.25, -0.2) is 0 Å². The lowest BCUT2D eigenvalue weighted by Crippen LogP contribution is -2.44. The van der Waals surface area contributed by atoms with Crippen LogP contribution in [0.4, 0.5) is 13.2 Å². The number of thioether (sulfide) groups is 1. The molecule has 1 aliphatic rings. The summed E-state index contributed by atoms with van der Waals surface area (Å²) in [6.07, 6.45) is 1.01. The van der Waals surface area contributed by atoms with Gasteiger partial charge in [-0.15, -0.1) is 11.8 Å². The topological polar surface area (TPSA) is 77.2 Å². The van der Waals surface area contributed by atoms with Crippen LogP contribution in [0.2, 0.25) is 0 Å². The number of benzene rings is 2. The van der Waals surface area contributed by atoms with Crippen LogP contribution in [-0.4, -0.2) is 76.4 Å². The van der Waals surface area contributed by atoms with Crippen molar-refractivity contribution in [2.24, 2.45) is 0 Å². The number of nitrogens with one attached hydrogen (secondary N) is 2. The molecule has 1 saturated heterocycles. The molecule has 7 nitrogen and oxygen atoms in total. The van der Waals surface area contributed by atoms with Gasteiger partial charge in [0, 0.05) is 67.1 Å². The van der Waals surface area contributed by atoms with Crippen LogP contribution in [-0.2, 0) is 12.7 Å². The molecule has 0 spiro atoms. The minimum atomic E-state index is -4.53. The fourth-order valence-corrected chi connectivity index (χ4v) is 5.48. The number of fused-ring (bicyclic) bond motifs is 1.